The summed E-state index contributed by atoms with van der Waals surface area (Å²) in [5, 5.41) is 10.5. The van der Waals surface area contributed by atoms with Gasteiger partial charge >= 0.3 is 12.1 Å². The Morgan fingerprint density at radius 2 is 1.82 bits per heavy atom. The molecule has 4 rings (SSSR count). The molecule has 2 N–H and O–H groups in total. The number of nitrogens with one attached hydrogen (secondary N) is 1. The van der Waals surface area contributed by atoms with E-state index in [0.29, 0.717) is 16.4 Å². The molecule has 0 fully saturated rings. The zero-order chi connectivity index (χ0) is 24.7. The summed E-state index contributed by atoms with van der Waals surface area (Å²) in [4.78, 5) is 38.0. The number of aromatic nitrogens is 3. The van der Waals surface area contributed by atoms with Crippen molar-refractivity contribution in [3.05, 3.63) is 58.3 Å². The number of ether oxygens (including phenoxy) is 1. The van der Waals surface area contributed by atoms with Crippen molar-refractivity contribution in [3.63, 3.8) is 0 Å². The van der Waals surface area contributed by atoms with Gasteiger partial charge in [-0.25, -0.2) is 19.7 Å². The zero-order valence-electron chi connectivity index (χ0n) is 17.9. The van der Waals surface area contributed by atoms with E-state index in [0.717, 1.165) is 42.5 Å². The number of thiazole rings is 1. The molecular weight excluding hydrogens is 475 g/mol. The summed E-state index contributed by atoms with van der Waals surface area (Å²) in [5.41, 5.74) is 1.69. The fourth-order valence-corrected chi connectivity index (χ4v) is 3.99. The molecule has 1 aromatic carbocycles. The number of carbonyl (C=O) groups excluding carboxylic acids is 1. The number of alkyl halides is 3. The number of methoxy groups -OCH3 is 1. The summed E-state index contributed by atoms with van der Waals surface area (Å²) >= 11 is 1.46. The highest BCUT2D eigenvalue weighted by molar-refractivity contribution is 7.13. The monoisotopic (exact) mass is 495 g/mol. The van der Waals surface area contributed by atoms with Crippen LogP contribution in [-0.4, -0.2) is 58.3 Å². The minimum Gasteiger partial charge on any atom is -0.497 e. The van der Waals surface area contributed by atoms with Crippen LogP contribution in [0.3, 0.4) is 0 Å². The van der Waals surface area contributed by atoms with E-state index >= 15 is 0 Å². The first kappa shape index (κ1) is 24.9. The van der Waals surface area contributed by atoms with Crippen LogP contribution >= 0.6 is 11.3 Å². The van der Waals surface area contributed by atoms with Crippen molar-refractivity contribution < 1.29 is 32.6 Å². The number of hydrogen-bond acceptors (Lipinski definition) is 8. The number of hydrogen-bond donors (Lipinski definition) is 2. The maximum Gasteiger partial charge on any atom is 0.490 e. The molecule has 180 valence electrons. The molecule has 1 aliphatic heterocycles. The number of aliphatic carboxylic acids is 1. The molecule has 0 unspecified atom stereocenters. The predicted molar refractivity (Wildman–Crippen MR) is 118 cm³/mol. The topological polar surface area (TPSA) is 118 Å². The van der Waals surface area contributed by atoms with Crippen LogP contribution in [0.4, 0.5) is 24.8 Å². The van der Waals surface area contributed by atoms with Gasteiger partial charge in [-0.1, -0.05) is 6.07 Å². The van der Waals surface area contributed by atoms with Crippen LogP contribution in [0.25, 0.3) is 0 Å². The van der Waals surface area contributed by atoms with Crippen LogP contribution < -0.4 is 15.0 Å². The molecule has 0 radical (unpaired) electrons. The zero-order valence-corrected chi connectivity index (χ0v) is 18.7. The van der Waals surface area contributed by atoms with Crippen LogP contribution in [-0.2, 0) is 17.6 Å². The van der Waals surface area contributed by atoms with Crippen molar-refractivity contribution in [3.8, 4) is 5.75 Å². The Kier molecular flexibility index (Phi) is 7.99. The normalized spacial score (nSPS) is 13.1. The van der Waals surface area contributed by atoms with Crippen LogP contribution in [0.1, 0.15) is 20.4 Å². The lowest BCUT2D eigenvalue weighted by molar-refractivity contribution is -0.192. The summed E-state index contributed by atoms with van der Waals surface area (Å²) in [6.07, 6.45) is 0.0265. The molecule has 0 atom stereocenters. The second-order valence-electron chi connectivity index (χ2n) is 6.91. The lowest BCUT2D eigenvalue weighted by atomic mass is 10.2. The molecule has 3 aromatic rings. The summed E-state index contributed by atoms with van der Waals surface area (Å²) in [6.45, 7) is 1.60. The average Bonchev–Trinajstić information content (AvgIpc) is 3.12. The SMILES string of the molecule is COc1cccc(NC(=O)c2nc3c(s2)CCN(c2ncccn2)CC3)c1.O=C(O)C(F)(F)F. The number of carbonyl (C=O) groups is 2. The van der Waals surface area contributed by atoms with Crippen LogP contribution in [0.2, 0.25) is 0 Å². The first-order valence-electron chi connectivity index (χ1n) is 9.93. The van der Waals surface area contributed by atoms with Gasteiger partial charge in [0.05, 0.1) is 12.8 Å². The molecule has 9 nitrogen and oxygen atoms in total. The fraction of sp³-hybridized carbons (Fsp3) is 0.286. The number of nitrogens with zero attached hydrogens (tertiary/aromatic N) is 4. The smallest absolute Gasteiger partial charge is 0.490 e. The van der Waals surface area contributed by atoms with E-state index in [4.69, 9.17) is 14.6 Å². The third-order valence-electron chi connectivity index (χ3n) is 4.60. The maximum atomic E-state index is 12.6. The Labute approximate surface area is 196 Å². The van der Waals surface area contributed by atoms with E-state index in [1.165, 1.54) is 11.3 Å². The third kappa shape index (κ3) is 6.63. The number of benzene rings is 1. The Morgan fingerprint density at radius 3 is 2.47 bits per heavy atom. The lowest BCUT2D eigenvalue weighted by Crippen LogP contribution is -2.27. The number of carboxylic acids is 1. The first-order valence-corrected chi connectivity index (χ1v) is 10.7. The quantitative estimate of drug-likeness (QED) is 0.565. The number of amides is 1. The Hall–Kier alpha value is -3.74. The van der Waals surface area contributed by atoms with Crippen molar-refractivity contribution in [1.82, 2.24) is 15.0 Å². The van der Waals surface area contributed by atoms with E-state index in [2.05, 4.69) is 25.2 Å². The molecule has 2 aromatic heterocycles. The molecule has 3 heterocycles. The molecule has 34 heavy (non-hydrogen) atoms. The van der Waals surface area contributed by atoms with Gasteiger partial charge < -0.3 is 20.1 Å². The second kappa shape index (κ2) is 10.9. The van der Waals surface area contributed by atoms with Gasteiger partial charge in [0.2, 0.25) is 5.95 Å². The van der Waals surface area contributed by atoms with E-state index in [9.17, 15) is 18.0 Å². The van der Waals surface area contributed by atoms with Gasteiger partial charge in [-0.3, -0.25) is 4.79 Å². The molecule has 1 amide bonds. The summed E-state index contributed by atoms with van der Waals surface area (Å²) in [6, 6.07) is 9.10. The first-order chi connectivity index (χ1) is 16.2. The van der Waals surface area contributed by atoms with E-state index in [-0.39, 0.29) is 5.91 Å². The Morgan fingerprint density at radius 1 is 1.15 bits per heavy atom. The molecule has 1 aliphatic rings. The Bertz CT molecular complexity index is 1120. The standard InChI is InChI=1S/C19H19N5O2S.C2HF3O2/c1-26-14-5-2-4-13(12-14)22-17(25)18-23-15-6-10-24(11-7-16(15)27-18)19-20-8-3-9-21-19;3-2(4,5)1(6)7/h2-5,8-9,12H,6-7,10-11H2,1H3,(H,22,25);(H,6,7). The van der Waals surface area contributed by atoms with Gasteiger partial charge in [-0.2, -0.15) is 13.2 Å². The highest BCUT2D eigenvalue weighted by Gasteiger charge is 2.38. The minimum atomic E-state index is -5.08. The second-order valence-corrected chi connectivity index (χ2v) is 8.00. The summed E-state index contributed by atoms with van der Waals surface area (Å²) in [5.74, 6) is -1.51. The lowest BCUT2D eigenvalue weighted by Gasteiger charge is -2.19. The van der Waals surface area contributed by atoms with Gasteiger partial charge in [-0.05, 0) is 18.2 Å². The highest BCUT2D eigenvalue weighted by Crippen LogP contribution is 2.25. The van der Waals surface area contributed by atoms with E-state index in [1.54, 1.807) is 25.6 Å². The molecule has 0 aliphatic carbocycles. The summed E-state index contributed by atoms with van der Waals surface area (Å²) < 4.78 is 36.9. The highest BCUT2D eigenvalue weighted by atomic mass is 32.1. The molecular formula is C21H20F3N5O4S. The third-order valence-corrected chi connectivity index (χ3v) is 5.76. The maximum absolute atomic E-state index is 12.6. The molecule has 0 saturated carbocycles. The predicted octanol–water partition coefficient (Wildman–Crippen LogP) is 3.43. The van der Waals surface area contributed by atoms with E-state index in [1.807, 2.05) is 24.3 Å². The number of anilines is 2. The number of rotatable bonds is 4. The summed E-state index contributed by atoms with van der Waals surface area (Å²) in [7, 11) is 1.60. The van der Waals surface area contributed by atoms with Crippen molar-refractivity contribution >= 4 is 34.8 Å². The van der Waals surface area contributed by atoms with E-state index < -0.39 is 12.1 Å². The molecule has 13 heteroatoms. The van der Waals surface area contributed by atoms with Gasteiger partial charge in [0.25, 0.3) is 5.91 Å². The number of halogens is 3. The Balaban J connectivity index is 0.000000406. The van der Waals surface area contributed by atoms with Gasteiger partial charge in [0.15, 0.2) is 5.01 Å². The van der Waals surface area contributed by atoms with Crippen molar-refractivity contribution in [1.29, 1.82) is 0 Å². The minimum absolute atomic E-state index is 0.190. The van der Waals surface area contributed by atoms with Crippen LogP contribution in [0, 0.1) is 0 Å². The number of fused-ring (bicyclic) bond motifs is 1. The van der Waals surface area contributed by atoms with Gasteiger partial charge in [0, 0.05) is 55.0 Å². The number of carboxylic acid groups (broad SMARTS) is 1. The van der Waals surface area contributed by atoms with Crippen LogP contribution in [0.5, 0.6) is 5.75 Å². The fourth-order valence-electron chi connectivity index (χ4n) is 3.00. The van der Waals surface area contributed by atoms with Crippen molar-refractivity contribution in [2.24, 2.45) is 0 Å². The molecule has 0 saturated heterocycles. The largest absolute Gasteiger partial charge is 0.497 e. The van der Waals surface area contributed by atoms with Crippen molar-refractivity contribution in [2.75, 3.05) is 30.4 Å². The molecule has 0 spiro atoms. The van der Waals surface area contributed by atoms with Gasteiger partial charge in [-0.15, -0.1) is 11.3 Å². The van der Waals surface area contributed by atoms with Gasteiger partial charge in [0.1, 0.15) is 5.75 Å². The van der Waals surface area contributed by atoms with Crippen molar-refractivity contribution in [2.45, 2.75) is 19.0 Å². The molecule has 0 bridgehead atoms. The average molecular weight is 495 g/mol. The van der Waals surface area contributed by atoms with Crippen LogP contribution in [0.15, 0.2) is 42.7 Å².